The first-order chi connectivity index (χ1) is 14.7. The number of pyridine rings is 1. The van der Waals surface area contributed by atoms with Crippen molar-refractivity contribution in [2.45, 2.75) is 57.2 Å². The van der Waals surface area contributed by atoms with Crippen LogP contribution in [0.15, 0.2) is 60.0 Å². The van der Waals surface area contributed by atoms with Gasteiger partial charge in [-0.05, 0) is 49.2 Å². The highest BCUT2D eigenvalue weighted by molar-refractivity contribution is 6.09. The zero-order valence-corrected chi connectivity index (χ0v) is 17.5. The largest absolute Gasteiger partial charge is 0.347 e. The summed E-state index contributed by atoms with van der Waals surface area (Å²) in [6, 6.07) is 6.70. The van der Waals surface area contributed by atoms with E-state index >= 15 is 4.39 Å². The quantitative estimate of drug-likeness (QED) is 0.550. The van der Waals surface area contributed by atoms with E-state index in [9.17, 15) is 13.2 Å². The monoisotopic (exact) mass is 431 g/mol. The number of aliphatic imine (C=N–C) groups is 1. The van der Waals surface area contributed by atoms with Crippen LogP contribution in [0.1, 0.15) is 50.7 Å². The summed E-state index contributed by atoms with van der Waals surface area (Å²) in [4.78, 5) is 11.0. The average molecular weight is 431 g/mol. The molecule has 1 fully saturated rings. The van der Waals surface area contributed by atoms with Gasteiger partial charge >= 0.3 is 0 Å². The van der Waals surface area contributed by atoms with Crippen LogP contribution < -0.4 is 0 Å². The summed E-state index contributed by atoms with van der Waals surface area (Å²) in [5.74, 6) is -4.11. The lowest BCUT2D eigenvalue weighted by atomic mass is 9.81. The molecular formula is C24H25F4N3. The number of nitrogens with zero attached hydrogens (tertiary/aromatic N) is 3. The van der Waals surface area contributed by atoms with Crippen LogP contribution in [0.5, 0.6) is 0 Å². The Morgan fingerprint density at radius 3 is 2.48 bits per heavy atom. The Bertz CT molecular complexity index is 993. The van der Waals surface area contributed by atoms with E-state index in [1.807, 2.05) is 24.8 Å². The van der Waals surface area contributed by atoms with Crippen molar-refractivity contribution >= 4 is 5.71 Å². The van der Waals surface area contributed by atoms with Gasteiger partial charge in [0.1, 0.15) is 11.6 Å². The van der Waals surface area contributed by atoms with Gasteiger partial charge in [-0.25, -0.2) is 17.6 Å². The maximum Gasteiger partial charge on any atom is 0.248 e. The van der Waals surface area contributed by atoms with Gasteiger partial charge in [0, 0.05) is 54.5 Å². The minimum Gasteiger partial charge on any atom is -0.347 e. The van der Waals surface area contributed by atoms with Crippen molar-refractivity contribution in [3.05, 3.63) is 77.8 Å². The maximum atomic E-state index is 15.1. The second kappa shape index (κ2) is 8.09. The molecule has 1 aromatic heterocycles. The first-order valence-corrected chi connectivity index (χ1v) is 10.5. The van der Waals surface area contributed by atoms with Crippen LogP contribution in [-0.2, 0) is 5.66 Å². The molecule has 2 aliphatic rings. The standard InChI is InChI=1S/C24H25F4N3/c1-16(2)24(20-14-18(25)5-6-21(20)26)30-22(17-4-3-12-29-15-17)9-13-31(24)19-7-10-23(27,28)11-8-19/h3-6,9,12-16,19H,7-8,10-11H2,1-2H3. The van der Waals surface area contributed by atoms with E-state index in [0.717, 1.165) is 17.7 Å². The fraction of sp³-hybridized carbons (Fsp3) is 0.417. The van der Waals surface area contributed by atoms with Crippen molar-refractivity contribution in [2.24, 2.45) is 10.9 Å². The molecule has 1 aliphatic heterocycles. The van der Waals surface area contributed by atoms with Crippen LogP contribution in [-0.4, -0.2) is 27.6 Å². The molecule has 7 heteroatoms. The Morgan fingerprint density at radius 2 is 1.84 bits per heavy atom. The number of rotatable bonds is 4. The van der Waals surface area contributed by atoms with Crippen LogP contribution in [0, 0.1) is 17.6 Å². The van der Waals surface area contributed by atoms with Crippen molar-refractivity contribution < 1.29 is 17.6 Å². The van der Waals surface area contributed by atoms with Gasteiger partial charge < -0.3 is 4.90 Å². The predicted octanol–water partition coefficient (Wildman–Crippen LogP) is 6.07. The minimum atomic E-state index is -2.69. The molecule has 1 atom stereocenters. The summed E-state index contributed by atoms with van der Waals surface area (Å²) in [7, 11) is 0. The summed E-state index contributed by atoms with van der Waals surface area (Å²) >= 11 is 0. The lowest BCUT2D eigenvalue weighted by molar-refractivity contribution is -0.0661. The van der Waals surface area contributed by atoms with Crippen molar-refractivity contribution in [2.75, 3.05) is 0 Å². The highest BCUT2D eigenvalue weighted by Crippen LogP contribution is 2.46. The smallest absolute Gasteiger partial charge is 0.248 e. The minimum absolute atomic E-state index is 0.102. The zero-order valence-electron chi connectivity index (χ0n) is 17.5. The second-order valence-electron chi connectivity index (χ2n) is 8.55. The van der Waals surface area contributed by atoms with E-state index in [-0.39, 0.29) is 43.2 Å². The fourth-order valence-electron chi connectivity index (χ4n) is 4.64. The molecular weight excluding hydrogens is 406 g/mol. The Labute approximate surface area is 179 Å². The van der Waals surface area contributed by atoms with Crippen molar-refractivity contribution in [1.82, 2.24) is 9.88 Å². The van der Waals surface area contributed by atoms with Gasteiger partial charge in [-0.3, -0.25) is 9.98 Å². The molecule has 0 amide bonds. The number of aromatic nitrogens is 1. The number of benzene rings is 1. The molecule has 4 rings (SSSR count). The Morgan fingerprint density at radius 1 is 1.10 bits per heavy atom. The molecule has 3 nitrogen and oxygen atoms in total. The van der Waals surface area contributed by atoms with Gasteiger partial charge in [-0.1, -0.05) is 13.8 Å². The zero-order chi connectivity index (χ0) is 22.2. The normalized spacial score (nSPS) is 23.8. The Hall–Kier alpha value is -2.70. The van der Waals surface area contributed by atoms with Gasteiger partial charge in [0.25, 0.3) is 0 Å². The van der Waals surface area contributed by atoms with Gasteiger partial charge in [0.2, 0.25) is 5.92 Å². The van der Waals surface area contributed by atoms with Crippen LogP contribution in [0.2, 0.25) is 0 Å². The molecule has 164 valence electrons. The van der Waals surface area contributed by atoms with Gasteiger partial charge in [-0.2, -0.15) is 0 Å². The van der Waals surface area contributed by atoms with Gasteiger partial charge in [0.05, 0.1) is 5.71 Å². The van der Waals surface area contributed by atoms with Crippen LogP contribution in [0.25, 0.3) is 0 Å². The number of allylic oxidation sites excluding steroid dienone is 1. The molecule has 0 N–H and O–H groups in total. The van der Waals surface area contributed by atoms with Gasteiger partial charge in [0.15, 0.2) is 5.66 Å². The number of hydrogen-bond acceptors (Lipinski definition) is 3. The first kappa shape index (κ1) is 21.5. The molecule has 1 aromatic carbocycles. The molecule has 0 saturated heterocycles. The third-order valence-corrected chi connectivity index (χ3v) is 6.24. The lowest BCUT2D eigenvalue weighted by Gasteiger charge is -2.51. The van der Waals surface area contributed by atoms with Crippen molar-refractivity contribution in [1.29, 1.82) is 0 Å². The van der Waals surface area contributed by atoms with Crippen LogP contribution in [0.4, 0.5) is 17.6 Å². The predicted molar refractivity (Wildman–Crippen MR) is 112 cm³/mol. The fourth-order valence-corrected chi connectivity index (χ4v) is 4.64. The summed E-state index contributed by atoms with van der Waals surface area (Å²) in [6.07, 6.45) is 6.93. The van der Waals surface area contributed by atoms with E-state index in [1.165, 1.54) is 6.07 Å². The summed E-state index contributed by atoms with van der Waals surface area (Å²) in [6.45, 7) is 3.77. The topological polar surface area (TPSA) is 28.5 Å². The highest BCUT2D eigenvalue weighted by atomic mass is 19.3. The first-order valence-electron chi connectivity index (χ1n) is 10.5. The molecule has 0 radical (unpaired) electrons. The molecule has 0 bridgehead atoms. The number of alkyl halides is 2. The Kier molecular flexibility index (Phi) is 5.62. The number of halogens is 4. The van der Waals surface area contributed by atoms with E-state index in [0.29, 0.717) is 5.71 Å². The molecule has 0 spiro atoms. The van der Waals surface area contributed by atoms with E-state index < -0.39 is 23.2 Å². The van der Waals surface area contributed by atoms with Crippen LogP contribution >= 0.6 is 0 Å². The van der Waals surface area contributed by atoms with E-state index in [1.54, 1.807) is 30.7 Å². The summed E-state index contributed by atoms with van der Waals surface area (Å²) in [5.41, 5.74) is 0.160. The molecule has 1 aliphatic carbocycles. The molecule has 31 heavy (non-hydrogen) atoms. The van der Waals surface area contributed by atoms with E-state index in [4.69, 9.17) is 4.99 Å². The Balaban J connectivity index is 1.88. The van der Waals surface area contributed by atoms with Crippen molar-refractivity contribution in [3.8, 4) is 0 Å². The number of hydrogen-bond donors (Lipinski definition) is 0. The van der Waals surface area contributed by atoms with E-state index in [2.05, 4.69) is 4.98 Å². The maximum absolute atomic E-state index is 15.1. The molecule has 1 unspecified atom stereocenters. The summed E-state index contributed by atoms with van der Waals surface area (Å²) in [5, 5.41) is 0. The molecule has 2 heterocycles. The van der Waals surface area contributed by atoms with Crippen molar-refractivity contribution in [3.63, 3.8) is 0 Å². The molecule has 1 saturated carbocycles. The summed E-state index contributed by atoms with van der Waals surface area (Å²) < 4.78 is 57.1. The van der Waals surface area contributed by atoms with Gasteiger partial charge in [-0.15, -0.1) is 0 Å². The lowest BCUT2D eigenvalue weighted by Crippen LogP contribution is -2.54. The average Bonchev–Trinajstić information content (AvgIpc) is 2.75. The second-order valence-corrected chi connectivity index (χ2v) is 8.55. The third-order valence-electron chi connectivity index (χ3n) is 6.24. The molecule has 2 aromatic rings. The van der Waals surface area contributed by atoms with Crippen LogP contribution in [0.3, 0.4) is 0 Å². The third kappa shape index (κ3) is 3.98. The SMILES string of the molecule is CC(C)C1(c2cc(F)ccc2F)N=C(c2cccnc2)C=CN1C1CCC(F)(F)CC1. The highest BCUT2D eigenvalue weighted by Gasteiger charge is 2.49.